The van der Waals surface area contributed by atoms with Crippen molar-refractivity contribution in [3.05, 3.63) is 94.5 Å². The Kier molecular flexibility index (Phi) is 9.51. The average Bonchev–Trinajstić information content (AvgIpc) is 2.85. The summed E-state index contributed by atoms with van der Waals surface area (Å²) < 4.78 is 22.6. The first-order chi connectivity index (χ1) is 16.0. The predicted molar refractivity (Wildman–Crippen MR) is 140 cm³/mol. The van der Waals surface area contributed by atoms with Crippen LogP contribution >= 0.6 is 28.3 Å². The third-order valence-corrected chi connectivity index (χ3v) is 6.56. The van der Waals surface area contributed by atoms with Gasteiger partial charge in [-0.05, 0) is 60.4 Å². The SMILES string of the molecule is Cl.O=C(CCN1CCC(F)(c2cccc(OCc3ccccc3)c2)CC1)Nc1ccc(Br)cc1. The van der Waals surface area contributed by atoms with Crippen molar-refractivity contribution < 1.29 is 13.9 Å². The summed E-state index contributed by atoms with van der Waals surface area (Å²) in [6.07, 6.45) is 1.20. The molecule has 0 saturated carbocycles. The van der Waals surface area contributed by atoms with E-state index in [4.69, 9.17) is 4.74 Å². The van der Waals surface area contributed by atoms with Crippen LogP contribution in [0.1, 0.15) is 30.4 Å². The number of alkyl halides is 1. The Bertz CT molecular complexity index is 1060. The van der Waals surface area contributed by atoms with Gasteiger partial charge in [0.15, 0.2) is 0 Å². The molecule has 1 N–H and O–H groups in total. The summed E-state index contributed by atoms with van der Waals surface area (Å²) in [4.78, 5) is 14.4. The molecule has 1 amide bonds. The van der Waals surface area contributed by atoms with Gasteiger partial charge in [-0.2, -0.15) is 0 Å². The van der Waals surface area contributed by atoms with Gasteiger partial charge in [0.05, 0.1) is 0 Å². The molecule has 3 aromatic rings. The minimum atomic E-state index is -1.37. The number of amides is 1. The van der Waals surface area contributed by atoms with Gasteiger partial charge in [-0.25, -0.2) is 4.39 Å². The molecule has 0 unspecified atom stereocenters. The summed E-state index contributed by atoms with van der Waals surface area (Å²) in [6.45, 7) is 2.33. The highest BCUT2D eigenvalue weighted by Crippen LogP contribution is 2.38. The van der Waals surface area contributed by atoms with Crippen molar-refractivity contribution in [2.24, 2.45) is 0 Å². The Balaban J connectivity index is 0.00000324. The van der Waals surface area contributed by atoms with Crippen LogP contribution in [-0.4, -0.2) is 30.4 Å². The highest BCUT2D eigenvalue weighted by atomic mass is 79.9. The summed E-state index contributed by atoms with van der Waals surface area (Å²) in [6, 6.07) is 24.8. The lowest BCUT2D eigenvalue weighted by Gasteiger charge is -2.36. The number of likely N-dealkylation sites (tertiary alicyclic amines) is 1. The van der Waals surface area contributed by atoms with Crippen LogP contribution in [-0.2, 0) is 17.1 Å². The van der Waals surface area contributed by atoms with Gasteiger partial charge in [-0.1, -0.05) is 58.4 Å². The van der Waals surface area contributed by atoms with Crippen molar-refractivity contribution in [3.8, 4) is 5.75 Å². The number of rotatable bonds is 8. The smallest absolute Gasteiger partial charge is 0.225 e. The third-order valence-electron chi connectivity index (χ3n) is 6.03. The summed E-state index contributed by atoms with van der Waals surface area (Å²) >= 11 is 3.38. The Labute approximate surface area is 215 Å². The summed E-state index contributed by atoms with van der Waals surface area (Å²) in [5.41, 5.74) is 1.15. The normalized spacial score (nSPS) is 15.2. The van der Waals surface area contributed by atoms with Crippen molar-refractivity contribution in [2.75, 3.05) is 25.0 Å². The molecule has 1 aliphatic rings. The van der Waals surface area contributed by atoms with E-state index in [1.54, 1.807) is 0 Å². The number of carbonyl (C=O) groups excluding carboxylic acids is 1. The predicted octanol–water partition coefficient (Wildman–Crippen LogP) is 6.74. The quantitative estimate of drug-likeness (QED) is 0.340. The van der Waals surface area contributed by atoms with Crippen LogP contribution in [0.2, 0.25) is 0 Å². The Morgan fingerprint density at radius 1 is 1.00 bits per heavy atom. The summed E-state index contributed by atoms with van der Waals surface area (Å²) in [5, 5.41) is 2.91. The van der Waals surface area contributed by atoms with Crippen LogP contribution in [0, 0.1) is 0 Å². The molecule has 1 fully saturated rings. The van der Waals surface area contributed by atoms with Crippen molar-refractivity contribution >= 4 is 39.9 Å². The molecule has 180 valence electrons. The molecule has 1 heterocycles. The Morgan fingerprint density at radius 3 is 2.41 bits per heavy atom. The van der Waals surface area contributed by atoms with Crippen LogP contribution in [0.25, 0.3) is 0 Å². The third kappa shape index (κ3) is 7.29. The largest absolute Gasteiger partial charge is 0.489 e. The molecule has 0 aliphatic carbocycles. The number of nitrogens with one attached hydrogen (secondary N) is 1. The van der Waals surface area contributed by atoms with Crippen molar-refractivity contribution in [1.29, 1.82) is 0 Å². The second kappa shape index (κ2) is 12.3. The summed E-state index contributed by atoms with van der Waals surface area (Å²) in [7, 11) is 0. The first-order valence-corrected chi connectivity index (χ1v) is 12.0. The molecule has 0 bridgehead atoms. The van der Waals surface area contributed by atoms with E-state index in [0.29, 0.717) is 56.8 Å². The van der Waals surface area contributed by atoms with Gasteiger partial charge in [0.25, 0.3) is 0 Å². The second-order valence-electron chi connectivity index (χ2n) is 8.41. The van der Waals surface area contributed by atoms with E-state index in [1.807, 2.05) is 78.9 Å². The van der Waals surface area contributed by atoms with Crippen LogP contribution in [0.3, 0.4) is 0 Å². The fraction of sp³-hybridized carbons (Fsp3) is 0.296. The van der Waals surface area contributed by atoms with Crippen molar-refractivity contribution in [1.82, 2.24) is 4.90 Å². The average molecular weight is 548 g/mol. The molecule has 4 nitrogen and oxygen atoms in total. The highest BCUT2D eigenvalue weighted by Gasteiger charge is 2.36. The van der Waals surface area contributed by atoms with Crippen LogP contribution in [0.15, 0.2) is 83.3 Å². The fourth-order valence-corrected chi connectivity index (χ4v) is 4.31. The number of benzene rings is 3. The van der Waals surface area contributed by atoms with E-state index in [1.165, 1.54) is 0 Å². The van der Waals surface area contributed by atoms with E-state index >= 15 is 4.39 Å². The van der Waals surface area contributed by atoms with Gasteiger partial charge in [0, 0.05) is 36.2 Å². The molecule has 0 radical (unpaired) electrons. The zero-order valence-corrected chi connectivity index (χ0v) is 21.3. The molecular formula is C27H29BrClFN2O2. The topological polar surface area (TPSA) is 41.6 Å². The van der Waals surface area contributed by atoms with Crippen molar-refractivity contribution in [3.63, 3.8) is 0 Å². The molecule has 3 aromatic carbocycles. The fourth-order valence-electron chi connectivity index (χ4n) is 4.04. The standard InChI is InChI=1S/C27H28BrFN2O2.ClH/c28-23-9-11-24(12-10-23)30-26(32)13-16-31-17-14-27(29,15-18-31)22-7-4-8-25(19-22)33-20-21-5-2-1-3-6-21;/h1-12,19H,13-18,20H2,(H,30,32);1H. The lowest BCUT2D eigenvalue weighted by molar-refractivity contribution is -0.116. The van der Waals surface area contributed by atoms with Crippen LogP contribution in [0.5, 0.6) is 5.75 Å². The Morgan fingerprint density at radius 2 is 1.71 bits per heavy atom. The van der Waals surface area contributed by atoms with Gasteiger partial charge in [-0.15, -0.1) is 12.4 Å². The van der Waals surface area contributed by atoms with Gasteiger partial charge in [0.1, 0.15) is 18.0 Å². The number of carbonyl (C=O) groups is 1. The monoisotopic (exact) mass is 546 g/mol. The molecule has 1 aliphatic heterocycles. The van der Waals surface area contributed by atoms with E-state index in [0.717, 1.165) is 15.7 Å². The zero-order valence-electron chi connectivity index (χ0n) is 18.9. The number of piperidine rings is 1. The van der Waals surface area contributed by atoms with Crippen LogP contribution in [0.4, 0.5) is 10.1 Å². The lowest BCUT2D eigenvalue weighted by atomic mass is 9.86. The Hall–Kier alpha value is -2.41. The first-order valence-electron chi connectivity index (χ1n) is 11.2. The van der Waals surface area contributed by atoms with E-state index in [9.17, 15) is 4.79 Å². The molecule has 1 saturated heterocycles. The maximum Gasteiger partial charge on any atom is 0.225 e. The molecule has 7 heteroatoms. The second-order valence-corrected chi connectivity index (χ2v) is 9.33. The van der Waals surface area contributed by atoms with Gasteiger partial charge in [0.2, 0.25) is 5.91 Å². The molecule has 34 heavy (non-hydrogen) atoms. The highest BCUT2D eigenvalue weighted by molar-refractivity contribution is 9.10. The minimum absolute atomic E-state index is 0. The van der Waals surface area contributed by atoms with Gasteiger partial charge >= 0.3 is 0 Å². The van der Waals surface area contributed by atoms with E-state index < -0.39 is 5.67 Å². The molecule has 0 aromatic heterocycles. The summed E-state index contributed by atoms with van der Waals surface area (Å²) in [5.74, 6) is 0.651. The molecule has 0 atom stereocenters. The molecular weight excluding hydrogens is 519 g/mol. The number of hydrogen-bond acceptors (Lipinski definition) is 3. The number of hydrogen-bond donors (Lipinski definition) is 1. The maximum atomic E-state index is 15.8. The number of ether oxygens (including phenoxy) is 1. The maximum absolute atomic E-state index is 15.8. The van der Waals surface area contributed by atoms with Crippen LogP contribution < -0.4 is 10.1 Å². The first kappa shape index (κ1) is 26.2. The number of nitrogens with zero attached hydrogens (tertiary/aromatic N) is 1. The number of anilines is 1. The number of halogens is 3. The van der Waals surface area contributed by atoms with Gasteiger partial charge in [-0.3, -0.25) is 4.79 Å². The molecule has 4 rings (SSSR count). The minimum Gasteiger partial charge on any atom is -0.489 e. The lowest BCUT2D eigenvalue weighted by Crippen LogP contribution is -2.41. The van der Waals surface area contributed by atoms with Crippen molar-refractivity contribution in [2.45, 2.75) is 31.5 Å². The molecule has 0 spiro atoms. The zero-order chi connectivity index (χ0) is 23.1. The van der Waals surface area contributed by atoms with E-state index in [2.05, 4.69) is 26.1 Å². The van der Waals surface area contributed by atoms with Gasteiger partial charge < -0.3 is 15.0 Å². The van der Waals surface area contributed by atoms with E-state index in [-0.39, 0.29) is 18.3 Å².